The van der Waals surface area contributed by atoms with Crippen LogP contribution in [0.3, 0.4) is 0 Å². The van der Waals surface area contributed by atoms with Crippen LogP contribution < -0.4 is 0 Å². The minimum absolute atomic E-state index is 0.254. The number of hydrogen-bond acceptors (Lipinski definition) is 2. The molecule has 1 atom stereocenters. The van der Waals surface area contributed by atoms with Crippen LogP contribution in [0.4, 0.5) is 4.39 Å². The third-order valence-electron chi connectivity index (χ3n) is 5.12. The number of carbonyl (C=O) groups excluding carboxylic acids is 1. The molecular weight excluding hydrogens is 327 g/mol. The Morgan fingerprint density at radius 3 is 2.54 bits per heavy atom. The topological polar surface area (TPSA) is 26.3 Å². The Morgan fingerprint density at radius 2 is 1.73 bits per heavy atom. The fraction of sp³-hybridized carbons (Fsp3) is 0.174. The van der Waals surface area contributed by atoms with Crippen molar-refractivity contribution in [2.45, 2.75) is 25.4 Å². The van der Waals surface area contributed by atoms with Gasteiger partial charge in [-0.05, 0) is 35.7 Å². The van der Waals surface area contributed by atoms with Gasteiger partial charge >= 0.3 is 5.97 Å². The molecule has 0 spiro atoms. The third kappa shape index (κ3) is 2.43. The lowest BCUT2D eigenvalue weighted by molar-refractivity contribution is -0.151. The number of esters is 1. The van der Waals surface area contributed by atoms with Crippen molar-refractivity contribution in [1.82, 2.24) is 0 Å². The maximum Gasteiger partial charge on any atom is 0.334 e. The molecule has 1 aliphatic carbocycles. The van der Waals surface area contributed by atoms with Crippen molar-refractivity contribution in [3.8, 4) is 0 Å². The van der Waals surface area contributed by atoms with E-state index >= 15 is 0 Å². The van der Waals surface area contributed by atoms with Crippen molar-refractivity contribution in [2.75, 3.05) is 0 Å². The van der Waals surface area contributed by atoms with Gasteiger partial charge in [-0.3, -0.25) is 0 Å². The Kier molecular flexibility index (Phi) is 3.87. The van der Waals surface area contributed by atoms with Crippen LogP contribution in [0.2, 0.25) is 0 Å². The van der Waals surface area contributed by atoms with Crippen molar-refractivity contribution in [3.05, 3.63) is 95.3 Å². The summed E-state index contributed by atoms with van der Waals surface area (Å²) in [6, 6.07) is 18.9. The van der Waals surface area contributed by atoms with E-state index in [1.54, 1.807) is 13.0 Å². The minimum Gasteiger partial charge on any atom is -0.446 e. The first-order chi connectivity index (χ1) is 12.5. The summed E-state index contributed by atoms with van der Waals surface area (Å²) in [6.07, 6.45) is 1.03. The van der Waals surface area contributed by atoms with Crippen molar-refractivity contribution < 1.29 is 13.9 Å². The highest BCUT2D eigenvalue weighted by Gasteiger charge is 2.45. The van der Waals surface area contributed by atoms with Crippen LogP contribution in [0.5, 0.6) is 0 Å². The predicted octanol–water partition coefficient (Wildman–Crippen LogP) is 5.29. The van der Waals surface area contributed by atoms with Gasteiger partial charge in [0.25, 0.3) is 0 Å². The number of ether oxygens (including phenoxy) is 1. The molecule has 4 rings (SSSR count). The van der Waals surface area contributed by atoms with E-state index in [0.717, 1.165) is 21.9 Å². The van der Waals surface area contributed by atoms with Gasteiger partial charge in [-0.1, -0.05) is 61.2 Å². The highest BCUT2D eigenvalue weighted by molar-refractivity contribution is 5.90. The maximum atomic E-state index is 14.4. The van der Waals surface area contributed by atoms with Gasteiger partial charge in [0.15, 0.2) is 5.60 Å². The summed E-state index contributed by atoms with van der Waals surface area (Å²) in [7, 11) is 0. The average molecular weight is 346 g/mol. The molecule has 0 saturated heterocycles. The molecule has 2 nitrogen and oxygen atoms in total. The third-order valence-corrected chi connectivity index (χ3v) is 5.12. The summed E-state index contributed by atoms with van der Waals surface area (Å²) >= 11 is 0. The Labute approximate surface area is 151 Å². The van der Waals surface area contributed by atoms with Crippen LogP contribution in [0.1, 0.15) is 30.0 Å². The van der Waals surface area contributed by atoms with Crippen LogP contribution in [0, 0.1) is 5.82 Å². The maximum absolute atomic E-state index is 14.4. The standard InChI is InChI=1S/C23H19FO2/c1-15(2)22(25)26-23(14-13-18-20(23)11-6-12-21(18)24)19-10-5-8-16-7-3-4-9-17(16)19/h3-12H,1,13-14H2,2H3. The summed E-state index contributed by atoms with van der Waals surface area (Å²) in [6.45, 7) is 5.33. The molecule has 0 heterocycles. The number of hydrogen-bond donors (Lipinski definition) is 0. The monoisotopic (exact) mass is 346 g/mol. The number of halogens is 1. The first-order valence-corrected chi connectivity index (χ1v) is 8.68. The van der Waals surface area contributed by atoms with Crippen LogP contribution in [0.25, 0.3) is 10.8 Å². The van der Waals surface area contributed by atoms with Gasteiger partial charge in [-0.25, -0.2) is 9.18 Å². The van der Waals surface area contributed by atoms with Crippen molar-refractivity contribution in [1.29, 1.82) is 0 Å². The van der Waals surface area contributed by atoms with E-state index in [0.29, 0.717) is 24.0 Å². The number of benzene rings is 3. The van der Waals surface area contributed by atoms with Gasteiger partial charge in [0, 0.05) is 23.1 Å². The van der Waals surface area contributed by atoms with Crippen LogP contribution >= 0.6 is 0 Å². The fourth-order valence-electron chi connectivity index (χ4n) is 3.89. The molecule has 3 aromatic carbocycles. The fourth-order valence-corrected chi connectivity index (χ4v) is 3.89. The average Bonchev–Trinajstić information content (AvgIpc) is 3.02. The predicted molar refractivity (Wildman–Crippen MR) is 100 cm³/mol. The number of carbonyl (C=O) groups is 1. The highest BCUT2D eigenvalue weighted by atomic mass is 19.1. The molecule has 0 radical (unpaired) electrons. The Morgan fingerprint density at radius 1 is 1.04 bits per heavy atom. The minimum atomic E-state index is -1.01. The molecule has 0 aliphatic heterocycles. The number of rotatable bonds is 3. The van der Waals surface area contributed by atoms with Gasteiger partial charge in [0.2, 0.25) is 0 Å². The van der Waals surface area contributed by atoms with Crippen LogP contribution in [0.15, 0.2) is 72.8 Å². The van der Waals surface area contributed by atoms with Gasteiger partial charge in [0.1, 0.15) is 5.82 Å². The van der Waals surface area contributed by atoms with Gasteiger partial charge < -0.3 is 4.74 Å². The molecule has 1 aliphatic rings. The highest BCUT2D eigenvalue weighted by Crippen LogP contribution is 2.48. The largest absolute Gasteiger partial charge is 0.446 e. The molecule has 0 amide bonds. The zero-order valence-corrected chi connectivity index (χ0v) is 14.6. The van der Waals surface area contributed by atoms with E-state index in [9.17, 15) is 9.18 Å². The molecule has 3 aromatic rings. The van der Waals surface area contributed by atoms with E-state index in [4.69, 9.17) is 4.74 Å². The molecule has 3 heteroatoms. The molecule has 1 unspecified atom stereocenters. The number of fused-ring (bicyclic) bond motifs is 2. The molecule has 0 fully saturated rings. The Hall–Kier alpha value is -2.94. The van der Waals surface area contributed by atoms with Gasteiger partial charge in [-0.15, -0.1) is 0 Å². The Balaban J connectivity index is 2.01. The molecule has 0 saturated carbocycles. The van der Waals surface area contributed by atoms with Crippen LogP contribution in [-0.4, -0.2) is 5.97 Å². The first-order valence-electron chi connectivity index (χ1n) is 8.68. The lowest BCUT2D eigenvalue weighted by atomic mass is 9.84. The normalized spacial score (nSPS) is 18.5. The second-order valence-electron chi connectivity index (χ2n) is 6.79. The molecule has 0 bridgehead atoms. The van der Waals surface area contributed by atoms with Crippen molar-refractivity contribution >= 4 is 16.7 Å². The first kappa shape index (κ1) is 16.5. The van der Waals surface area contributed by atoms with E-state index in [2.05, 4.69) is 6.58 Å². The summed E-state index contributed by atoms with van der Waals surface area (Å²) < 4.78 is 20.4. The van der Waals surface area contributed by atoms with E-state index in [1.807, 2.05) is 48.5 Å². The molecule has 26 heavy (non-hydrogen) atoms. The molecule has 0 N–H and O–H groups in total. The van der Waals surface area contributed by atoms with E-state index in [-0.39, 0.29) is 5.82 Å². The lowest BCUT2D eigenvalue weighted by Crippen LogP contribution is -2.32. The molecule has 130 valence electrons. The summed E-state index contributed by atoms with van der Waals surface area (Å²) in [5.41, 5.74) is 1.55. The SMILES string of the molecule is C=C(C)C(=O)OC1(c2cccc3ccccc23)CCc2c(F)cccc21. The van der Waals surface area contributed by atoms with Crippen LogP contribution in [-0.2, 0) is 21.6 Å². The second kappa shape index (κ2) is 6.10. The summed E-state index contributed by atoms with van der Waals surface area (Å²) in [5, 5.41) is 2.06. The van der Waals surface area contributed by atoms with E-state index in [1.165, 1.54) is 6.07 Å². The zero-order chi connectivity index (χ0) is 18.3. The summed E-state index contributed by atoms with van der Waals surface area (Å²) in [5.74, 6) is -0.717. The van der Waals surface area contributed by atoms with E-state index < -0.39 is 11.6 Å². The smallest absolute Gasteiger partial charge is 0.334 e. The molecular formula is C23H19FO2. The van der Waals surface area contributed by atoms with Gasteiger partial charge in [0.05, 0.1) is 0 Å². The Bertz CT molecular complexity index is 1030. The second-order valence-corrected chi connectivity index (χ2v) is 6.79. The summed E-state index contributed by atoms with van der Waals surface area (Å²) in [4.78, 5) is 12.5. The molecule has 0 aromatic heterocycles. The zero-order valence-electron chi connectivity index (χ0n) is 14.6. The van der Waals surface area contributed by atoms with Crippen molar-refractivity contribution in [2.24, 2.45) is 0 Å². The quantitative estimate of drug-likeness (QED) is 0.476. The van der Waals surface area contributed by atoms with Gasteiger partial charge in [-0.2, -0.15) is 0 Å². The van der Waals surface area contributed by atoms with Crippen molar-refractivity contribution in [3.63, 3.8) is 0 Å². The lowest BCUT2D eigenvalue weighted by Gasteiger charge is -2.32.